The monoisotopic (exact) mass is 232 g/mol. The van der Waals surface area contributed by atoms with Crippen molar-refractivity contribution in [3.8, 4) is 0 Å². The summed E-state index contributed by atoms with van der Waals surface area (Å²) in [7, 11) is 0. The maximum absolute atomic E-state index is 11.8. The number of hydrogen-bond donors (Lipinski definition) is 2. The molecule has 1 aromatic rings. The van der Waals surface area contributed by atoms with Crippen LogP contribution >= 0.6 is 0 Å². The average molecular weight is 232 g/mol. The maximum Gasteiger partial charge on any atom is 0.251 e. The van der Waals surface area contributed by atoms with Crippen LogP contribution in [0.5, 0.6) is 0 Å². The second-order valence-corrected chi connectivity index (χ2v) is 4.91. The summed E-state index contributed by atoms with van der Waals surface area (Å²) in [4.78, 5) is 11.8. The normalized spacial score (nSPS) is 15.4. The number of anilines is 1. The molecule has 1 saturated carbocycles. The Bertz CT molecular complexity index is 411. The van der Waals surface area contributed by atoms with E-state index in [0.717, 1.165) is 24.4 Å². The van der Waals surface area contributed by atoms with Gasteiger partial charge in [-0.2, -0.15) is 0 Å². The second kappa shape index (κ2) is 5.21. The van der Waals surface area contributed by atoms with E-state index in [1.165, 1.54) is 19.3 Å². The van der Waals surface area contributed by atoms with Crippen molar-refractivity contribution < 1.29 is 4.79 Å². The fraction of sp³-hybridized carbons (Fsp3) is 0.500. The highest BCUT2D eigenvalue weighted by atomic mass is 16.1. The Labute approximate surface area is 102 Å². The smallest absolute Gasteiger partial charge is 0.251 e. The number of amides is 1. The molecule has 0 radical (unpaired) electrons. The Morgan fingerprint density at radius 2 is 2.24 bits per heavy atom. The zero-order chi connectivity index (χ0) is 12.3. The van der Waals surface area contributed by atoms with Gasteiger partial charge in [-0.25, -0.2) is 0 Å². The molecule has 1 aliphatic carbocycles. The molecule has 0 aliphatic heterocycles. The summed E-state index contributed by atoms with van der Waals surface area (Å²) >= 11 is 0. The van der Waals surface area contributed by atoms with E-state index in [1.54, 1.807) is 6.07 Å². The van der Waals surface area contributed by atoms with Crippen molar-refractivity contribution in [1.82, 2.24) is 5.32 Å². The van der Waals surface area contributed by atoms with Gasteiger partial charge in [0.2, 0.25) is 0 Å². The topological polar surface area (TPSA) is 55.1 Å². The van der Waals surface area contributed by atoms with Crippen molar-refractivity contribution in [1.29, 1.82) is 0 Å². The number of nitrogens with one attached hydrogen (secondary N) is 1. The van der Waals surface area contributed by atoms with Crippen LogP contribution in [0.4, 0.5) is 5.69 Å². The molecule has 1 aromatic carbocycles. The van der Waals surface area contributed by atoms with Crippen molar-refractivity contribution in [2.45, 2.75) is 32.6 Å². The second-order valence-electron chi connectivity index (χ2n) is 4.91. The molecule has 1 amide bonds. The molecular formula is C14H20N2O. The zero-order valence-corrected chi connectivity index (χ0v) is 10.3. The summed E-state index contributed by atoms with van der Waals surface area (Å²) in [5.74, 6) is 0.814. The van der Waals surface area contributed by atoms with Crippen LogP contribution in [0.3, 0.4) is 0 Å². The zero-order valence-electron chi connectivity index (χ0n) is 10.3. The van der Waals surface area contributed by atoms with Crippen LogP contribution in [-0.2, 0) is 0 Å². The number of nitrogen functional groups attached to an aromatic ring is 1. The predicted molar refractivity (Wildman–Crippen MR) is 69.9 cm³/mol. The number of rotatable bonds is 4. The Balaban J connectivity index is 1.83. The van der Waals surface area contributed by atoms with Crippen LogP contribution in [-0.4, -0.2) is 12.5 Å². The highest BCUT2D eigenvalue weighted by Crippen LogP contribution is 2.28. The minimum absolute atomic E-state index is 0.0176. The first-order valence-electron chi connectivity index (χ1n) is 6.31. The molecule has 0 atom stereocenters. The molecule has 3 N–H and O–H groups in total. The van der Waals surface area contributed by atoms with E-state index in [-0.39, 0.29) is 5.91 Å². The predicted octanol–water partition coefficient (Wildman–Crippen LogP) is 2.50. The molecule has 1 fully saturated rings. The summed E-state index contributed by atoms with van der Waals surface area (Å²) in [6.45, 7) is 2.71. The van der Waals surface area contributed by atoms with E-state index >= 15 is 0 Å². The molecule has 17 heavy (non-hydrogen) atoms. The summed E-state index contributed by atoms with van der Waals surface area (Å²) in [6, 6.07) is 5.45. The van der Waals surface area contributed by atoms with E-state index in [0.29, 0.717) is 11.3 Å². The van der Waals surface area contributed by atoms with Crippen molar-refractivity contribution >= 4 is 11.6 Å². The van der Waals surface area contributed by atoms with Gasteiger partial charge in [0.1, 0.15) is 0 Å². The minimum Gasteiger partial charge on any atom is -0.398 e. The number of nitrogens with two attached hydrogens (primary N) is 1. The van der Waals surface area contributed by atoms with Crippen molar-refractivity contribution in [2.75, 3.05) is 12.3 Å². The van der Waals surface area contributed by atoms with Gasteiger partial charge in [0, 0.05) is 17.8 Å². The van der Waals surface area contributed by atoms with Crippen molar-refractivity contribution in [2.24, 2.45) is 5.92 Å². The molecular weight excluding hydrogens is 212 g/mol. The lowest BCUT2D eigenvalue weighted by Crippen LogP contribution is -2.27. The average Bonchev–Trinajstić information content (AvgIpc) is 2.25. The van der Waals surface area contributed by atoms with Crippen molar-refractivity contribution in [3.05, 3.63) is 29.3 Å². The van der Waals surface area contributed by atoms with Crippen LogP contribution in [0, 0.1) is 12.8 Å². The van der Waals surface area contributed by atoms with Crippen LogP contribution < -0.4 is 11.1 Å². The Morgan fingerprint density at radius 1 is 1.47 bits per heavy atom. The fourth-order valence-electron chi connectivity index (χ4n) is 2.06. The molecule has 0 aromatic heterocycles. The van der Waals surface area contributed by atoms with Gasteiger partial charge in [-0.15, -0.1) is 0 Å². The quantitative estimate of drug-likeness (QED) is 0.784. The third-order valence-corrected chi connectivity index (χ3v) is 3.60. The Morgan fingerprint density at radius 3 is 2.82 bits per heavy atom. The van der Waals surface area contributed by atoms with Crippen LogP contribution in [0.15, 0.2) is 18.2 Å². The fourth-order valence-corrected chi connectivity index (χ4v) is 2.06. The van der Waals surface area contributed by atoms with Gasteiger partial charge < -0.3 is 11.1 Å². The van der Waals surface area contributed by atoms with Gasteiger partial charge >= 0.3 is 0 Å². The van der Waals surface area contributed by atoms with Gasteiger partial charge in [-0.1, -0.05) is 25.3 Å². The molecule has 0 spiro atoms. The molecule has 1 aliphatic rings. The van der Waals surface area contributed by atoms with Gasteiger partial charge in [-0.3, -0.25) is 4.79 Å². The van der Waals surface area contributed by atoms with E-state index < -0.39 is 0 Å². The van der Waals surface area contributed by atoms with E-state index in [4.69, 9.17) is 5.73 Å². The number of benzene rings is 1. The molecule has 2 rings (SSSR count). The van der Waals surface area contributed by atoms with Gasteiger partial charge in [0.25, 0.3) is 5.91 Å². The molecule has 0 heterocycles. The summed E-state index contributed by atoms with van der Waals surface area (Å²) in [5.41, 5.74) is 8.13. The highest BCUT2D eigenvalue weighted by Gasteiger charge is 2.17. The van der Waals surface area contributed by atoms with Gasteiger partial charge in [0.05, 0.1) is 0 Å². The number of aryl methyl sites for hydroxylation is 1. The molecule has 92 valence electrons. The van der Waals surface area contributed by atoms with Gasteiger partial charge in [-0.05, 0) is 37.0 Å². The summed E-state index contributed by atoms with van der Waals surface area (Å²) < 4.78 is 0. The van der Waals surface area contributed by atoms with E-state index in [1.807, 2.05) is 19.1 Å². The number of carbonyl (C=O) groups excluding carboxylic acids is 1. The molecule has 3 heteroatoms. The van der Waals surface area contributed by atoms with Crippen molar-refractivity contribution in [3.63, 3.8) is 0 Å². The first-order valence-corrected chi connectivity index (χ1v) is 6.31. The van der Waals surface area contributed by atoms with Crippen LogP contribution in [0.2, 0.25) is 0 Å². The first-order chi connectivity index (χ1) is 8.16. The molecule has 0 saturated heterocycles. The Hall–Kier alpha value is -1.51. The van der Waals surface area contributed by atoms with Crippen LogP contribution in [0.25, 0.3) is 0 Å². The minimum atomic E-state index is -0.0176. The third kappa shape index (κ3) is 2.99. The highest BCUT2D eigenvalue weighted by molar-refractivity contribution is 5.95. The lowest BCUT2D eigenvalue weighted by molar-refractivity contribution is 0.0949. The largest absolute Gasteiger partial charge is 0.398 e. The van der Waals surface area contributed by atoms with Crippen LogP contribution in [0.1, 0.15) is 41.6 Å². The SMILES string of the molecule is Cc1ccc(C(=O)NCCC2CCC2)cc1N. The van der Waals surface area contributed by atoms with Gasteiger partial charge in [0.15, 0.2) is 0 Å². The third-order valence-electron chi connectivity index (χ3n) is 3.60. The maximum atomic E-state index is 11.8. The summed E-state index contributed by atoms with van der Waals surface area (Å²) in [6.07, 6.45) is 5.11. The molecule has 3 nitrogen and oxygen atoms in total. The molecule has 0 bridgehead atoms. The lowest BCUT2D eigenvalue weighted by Gasteiger charge is -2.25. The standard InChI is InChI=1S/C14H20N2O/c1-10-5-6-12(9-13(10)15)14(17)16-8-7-11-3-2-4-11/h5-6,9,11H,2-4,7-8,15H2,1H3,(H,16,17). The lowest BCUT2D eigenvalue weighted by atomic mass is 9.83. The Kier molecular flexibility index (Phi) is 3.67. The molecule has 0 unspecified atom stereocenters. The van der Waals surface area contributed by atoms with E-state index in [9.17, 15) is 4.79 Å². The number of hydrogen-bond acceptors (Lipinski definition) is 2. The van der Waals surface area contributed by atoms with E-state index in [2.05, 4.69) is 5.32 Å². The number of carbonyl (C=O) groups is 1. The first kappa shape index (κ1) is 12.0. The summed E-state index contributed by atoms with van der Waals surface area (Å²) in [5, 5.41) is 2.95.